The smallest absolute Gasteiger partial charge is 0.162 e. The highest BCUT2D eigenvalue weighted by molar-refractivity contribution is 7.91. The summed E-state index contributed by atoms with van der Waals surface area (Å²) in [4.78, 5) is 20.6. The number of aliphatic hydroxyl groups is 1. The molecule has 43 heavy (non-hydrogen) atoms. The average Bonchev–Trinajstić information content (AvgIpc) is 3.00. The van der Waals surface area contributed by atoms with Crippen molar-refractivity contribution in [3.8, 4) is 17.1 Å². The second-order valence-electron chi connectivity index (χ2n) is 11.0. The van der Waals surface area contributed by atoms with Crippen LogP contribution in [0, 0.1) is 5.92 Å². The Morgan fingerprint density at radius 1 is 1.28 bits per heavy atom. The maximum atomic E-state index is 12.8. The molecule has 232 valence electrons. The number of nitrogens with zero attached hydrogens (tertiary/aromatic N) is 5. The SMILES string of the molecule is C=NC1=C(C=NC)C(c2cc(N(C)C3CCOCC3)nc(-c3cccc(OCC(O)CNC)c3)n2)=CC(C)C1S(C)(=O)=O. The minimum atomic E-state index is -3.49. The van der Waals surface area contributed by atoms with E-state index in [1.165, 1.54) is 6.26 Å². The first-order chi connectivity index (χ1) is 20.6. The zero-order chi connectivity index (χ0) is 31.1. The number of hydrogen-bond acceptors (Lipinski definition) is 11. The minimum absolute atomic E-state index is 0.136. The number of sulfone groups is 1. The molecule has 1 aliphatic heterocycles. The lowest BCUT2D eigenvalue weighted by Gasteiger charge is -2.33. The third-order valence-electron chi connectivity index (χ3n) is 7.70. The molecule has 1 fully saturated rings. The summed E-state index contributed by atoms with van der Waals surface area (Å²) >= 11 is 0. The fourth-order valence-corrected chi connectivity index (χ4v) is 7.06. The first kappa shape index (κ1) is 32.5. The summed E-state index contributed by atoms with van der Waals surface area (Å²) in [5, 5.41) is 12.2. The van der Waals surface area contributed by atoms with Crippen molar-refractivity contribution >= 4 is 34.2 Å². The Bertz CT molecular complexity index is 1500. The number of aromatic nitrogens is 2. The molecule has 1 aromatic heterocycles. The fourth-order valence-electron chi connectivity index (χ4n) is 5.59. The lowest BCUT2D eigenvalue weighted by atomic mass is 9.87. The predicted octanol–water partition coefficient (Wildman–Crippen LogP) is 2.82. The fraction of sp³-hybridized carbons (Fsp3) is 0.484. The topological polar surface area (TPSA) is 139 Å². The van der Waals surface area contributed by atoms with Crippen molar-refractivity contribution in [1.29, 1.82) is 0 Å². The van der Waals surface area contributed by atoms with Gasteiger partial charge in [0.15, 0.2) is 15.7 Å². The summed E-state index contributed by atoms with van der Waals surface area (Å²) in [6.45, 7) is 7.49. The van der Waals surface area contributed by atoms with Crippen LogP contribution < -0.4 is 15.0 Å². The standard InChI is InChI=1S/C31H42N6O5S/c1-20-14-25(26(18-33-3)29(34-4)30(20)43(6,39)40)27-16-28(37(5)22-10-12-41-13-11-22)36-31(35-27)21-8-7-9-24(15-21)42-19-23(38)17-32-2/h7-9,14-16,18,20,22-23,30,32,38H,4,10-13,17,19H2,1-3,5-6H3. The summed E-state index contributed by atoms with van der Waals surface area (Å²) in [6, 6.07) is 9.61. The third-order valence-corrected chi connectivity index (χ3v) is 9.27. The van der Waals surface area contributed by atoms with Gasteiger partial charge in [-0.25, -0.2) is 18.4 Å². The van der Waals surface area contributed by atoms with Crippen LogP contribution in [0.5, 0.6) is 5.75 Å². The molecule has 1 saturated heterocycles. The van der Waals surface area contributed by atoms with Crippen LogP contribution in [0.1, 0.15) is 25.5 Å². The van der Waals surface area contributed by atoms with Gasteiger partial charge in [-0.3, -0.25) is 9.98 Å². The molecule has 0 saturated carbocycles. The average molecular weight is 611 g/mol. The van der Waals surface area contributed by atoms with Crippen molar-refractivity contribution in [2.24, 2.45) is 15.9 Å². The van der Waals surface area contributed by atoms with Crippen molar-refractivity contribution in [2.45, 2.75) is 37.2 Å². The highest BCUT2D eigenvalue weighted by Crippen LogP contribution is 2.39. The van der Waals surface area contributed by atoms with E-state index in [-0.39, 0.29) is 18.6 Å². The van der Waals surface area contributed by atoms with Crippen molar-refractivity contribution in [3.05, 3.63) is 53.4 Å². The molecular weight excluding hydrogens is 568 g/mol. The van der Waals surface area contributed by atoms with E-state index in [1.807, 2.05) is 50.4 Å². The Labute approximate surface area is 254 Å². The second-order valence-corrected chi connectivity index (χ2v) is 13.1. The van der Waals surface area contributed by atoms with Gasteiger partial charge in [-0.05, 0) is 44.7 Å². The molecule has 0 radical (unpaired) electrons. The highest BCUT2D eigenvalue weighted by Gasteiger charge is 2.37. The van der Waals surface area contributed by atoms with E-state index >= 15 is 0 Å². The number of hydrogen-bond donors (Lipinski definition) is 2. The molecule has 0 spiro atoms. The molecule has 11 nitrogen and oxygen atoms in total. The minimum Gasteiger partial charge on any atom is -0.491 e. The number of aliphatic hydroxyl groups excluding tert-OH is 1. The van der Waals surface area contributed by atoms with E-state index in [9.17, 15) is 13.5 Å². The van der Waals surface area contributed by atoms with Gasteiger partial charge in [-0.2, -0.15) is 0 Å². The van der Waals surface area contributed by atoms with Crippen LogP contribution >= 0.6 is 0 Å². The summed E-state index contributed by atoms with van der Waals surface area (Å²) in [5.74, 6) is 1.41. The molecule has 0 amide bonds. The van der Waals surface area contributed by atoms with Gasteiger partial charge in [-0.15, -0.1) is 0 Å². The van der Waals surface area contributed by atoms with Gasteiger partial charge in [0.25, 0.3) is 0 Å². The van der Waals surface area contributed by atoms with Crippen LogP contribution in [0.4, 0.5) is 5.82 Å². The van der Waals surface area contributed by atoms with E-state index in [1.54, 1.807) is 20.3 Å². The van der Waals surface area contributed by atoms with Crippen molar-refractivity contribution in [2.75, 3.05) is 58.7 Å². The molecule has 2 N–H and O–H groups in total. The number of nitrogens with one attached hydrogen (secondary N) is 1. The monoisotopic (exact) mass is 610 g/mol. The van der Waals surface area contributed by atoms with Crippen LogP contribution in [0.3, 0.4) is 0 Å². The normalized spacial score (nSPS) is 20.7. The van der Waals surface area contributed by atoms with Crippen LogP contribution in [0.25, 0.3) is 17.0 Å². The van der Waals surface area contributed by atoms with E-state index in [0.717, 1.165) is 24.2 Å². The molecule has 3 atom stereocenters. The number of likely N-dealkylation sites (N-methyl/N-ethyl adjacent to an activating group) is 1. The molecule has 1 aliphatic carbocycles. The highest BCUT2D eigenvalue weighted by atomic mass is 32.2. The predicted molar refractivity (Wildman–Crippen MR) is 172 cm³/mol. The van der Waals surface area contributed by atoms with Gasteiger partial charge in [-0.1, -0.05) is 25.1 Å². The Morgan fingerprint density at radius 3 is 2.67 bits per heavy atom. The van der Waals surface area contributed by atoms with Crippen molar-refractivity contribution < 1.29 is 23.0 Å². The van der Waals surface area contributed by atoms with Crippen LogP contribution in [-0.4, -0.2) is 108 Å². The molecule has 2 aliphatic rings. The zero-order valence-electron chi connectivity index (χ0n) is 25.5. The lowest BCUT2D eigenvalue weighted by Crippen LogP contribution is -2.37. The van der Waals surface area contributed by atoms with E-state index < -0.39 is 21.2 Å². The molecule has 4 rings (SSSR count). The summed E-state index contributed by atoms with van der Waals surface area (Å²) in [7, 11) is 1.94. The number of aliphatic imine (C=N–C) groups is 2. The maximum absolute atomic E-state index is 12.8. The summed E-state index contributed by atoms with van der Waals surface area (Å²) in [6.07, 6.45) is 5.85. The Hall–Kier alpha value is -3.45. The molecule has 2 aromatic rings. The zero-order valence-corrected chi connectivity index (χ0v) is 26.3. The number of ether oxygens (including phenoxy) is 2. The summed E-state index contributed by atoms with van der Waals surface area (Å²) in [5.41, 5.74) is 2.98. The molecule has 3 unspecified atom stereocenters. The van der Waals surface area contributed by atoms with Gasteiger partial charge in [0.1, 0.15) is 29.5 Å². The summed E-state index contributed by atoms with van der Waals surface area (Å²) < 4.78 is 37.1. The number of rotatable bonds is 12. The molecule has 2 heterocycles. The number of allylic oxidation sites excluding steroid dienone is 3. The molecular formula is C31H42N6O5S. The van der Waals surface area contributed by atoms with Crippen molar-refractivity contribution in [3.63, 3.8) is 0 Å². The van der Waals surface area contributed by atoms with Gasteiger partial charge in [0.2, 0.25) is 0 Å². The maximum Gasteiger partial charge on any atom is 0.162 e. The molecule has 12 heteroatoms. The van der Waals surface area contributed by atoms with Gasteiger partial charge in [0, 0.05) is 75.1 Å². The second kappa shape index (κ2) is 14.3. The third kappa shape index (κ3) is 7.74. The van der Waals surface area contributed by atoms with Crippen LogP contribution in [0.2, 0.25) is 0 Å². The Kier molecular flexibility index (Phi) is 10.8. The first-order valence-corrected chi connectivity index (χ1v) is 16.3. The van der Waals surface area contributed by atoms with E-state index in [2.05, 4.69) is 26.9 Å². The Morgan fingerprint density at radius 2 is 2.02 bits per heavy atom. The number of benzene rings is 1. The van der Waals surface area contributed by atoms with Gasteiger partial charge < -0.3 is 24.8 Å². The van der Waals surface area contributed by atoms with Crippen LogP contribution in [0.15, 0.2) is 57.7 Å². The van der Waals surface area contributed by atoms with Gasteiger partial charge in [0.05, 0.1) is 11.4 Å². The largest absolute Gasteiger partial charge is 0.491 e. The van der Waals surface area contributed by atoms with Crippen LogP contribution in [-0.2, 0) is 14.6 Å². The first-order valence-electron chi connectivity index (χ1n) is 14.4. The van der Waals surface area contributed by atoms with Crippen molar-refractivity contribution in [1.82, 2.24) is 15.3 Å². The Balaban J connectivity index is 1.85. The quantitative estimate of drug-likeness (QED) is 0.348. The van der Waals surface area contributed by atoms with E-state index in [4.69, 9.17) is 19.4 Å². The number of anilines is 1. The molecule has 0 bridgehead atoms. The van der Waals surface area contributed by atoms with Gasteiger partial charge >= 0.3 is 0 Å². The lowest BCUT2D eigenvalue weighted by molar-refractivity contribution is 0.0853. The molecule has 1 aromatic carbocycles. The van der Waals surface area contributed by atoms with E-state index in [0.29, 0.717) is 53.9 Å².